The molecule has 0 saturated heterocycles. The van der Waals surface area contributed by atoms with Gasteiger partial charge in [0.1, 0.15) is 17.8 Å². The molecule has 0 aliphatic rings. The van der Waals surface area contributed by atoms with Gasteiger partial charge < -0.3 is 9.73 Å². The van der Waals surface area contributed by atoms with Crippen LogP contribution in [0.3, 0.4) is 0 Å². The summed E-state index contributed by atoms with van der Waals surface area (Å²) in [6.45, 7) is 3.70. The Morgan fingerprint density at radius 1 is 1.58 bits per heavy atom. The molecular formula is C13H15N3O3. The smallest absolute Gasteiger partial charge is 0.290 e. The zero-order valence-corrected chi connectivity index (χ0v) is 10.8. The molecular weight excluding hydrogens is 246 g/mol. The molecule has 0 bridgehead atoms. The van der Waals surface area contributed by atoms with E-state index < -0.39 is 4.92 Å². The minimum absolute atomic E-state index is 0.0317. The van der Waals surface area contributed by atoms with Gasteiger partial charge in [-0.3, -0.25) is 10.1 Å². The van der Waals surface area contributed by atoms with E-state index in [9.17, 15) is 10.1 Å². The van der Waals surface area contributed by atoms with Crippen LogP contribution in [0.25, 0.3) is 0 Å². The topological polar surface area (TPSA) is 81.2 Å². The second kappa shape index (κ2) is 5.51. The van der Waals surface area contributed by atoms with Crippen molar-refractivity contribution < 1.29 is 9.34 Å². The molecule has 100 valence electrons. The fourth-order valence-corrected chi connectivity index (χ4v) is 1.85. The quantitative estimate of drug-likeness (QED) is 0.661. The lowest BCUT2D eigenvalue weighted by Gasteiger charge is -2.13. The summed E-state index contributed by atoms with van der Waals surface area (Å²) in [6.07, 6.45) is 3.64. The van der Waals surface area contributed by atoms with Crippen molar-refractivity contribution in [2.24, 2.45) is 0 Å². The van der Waals surface area contributed by atoms with Crippen molar-refractivity contribution in [3.8, 4) is 0 Å². The number of nitrogens with one attached hydrogen (secondary N) is 1. The fraction of sp³-hybridized carbons (Fsp3) is 0.308. The van der Waals surface area contributed by atoms with E-state index in [4.69, 9.17) is 4.42 Å². The van der Waals surface area contributed by atoms with E-state index in [2.05, 4.69) is 10.3 Å². The third kappa shape index (κ3) is 3.31. The second-order valence-electron chi connectivity index (χ2n) is 4.44. The normalized spacial score (nSPS) is 12.1. The predicted molar refractivity (Wildman–Crippen MR) is 71.1 cm³/mol. The number of pyridine rings is 1. The number of hydrogen-bond donors (Lipinski definition) is 1. The monoisotopic (exact) mass is 261 g/mol. The van der Waals surface area contributed by atoms with Crippen LogP contribution in [-0.4, -0.2) is 15.9 Å². The average molecular weight is 261 g/mol. The number of rotatable bonds is 5. The van der Waals surface area contributed by atoms with E-state index in [0.29, 0.717) is 11.4 Å². The third-order valence-corrected chi connectivity index (χ3v) is 2.76. The summed E-state index contributed by atoms with van der Waals surface area (Å²) in [7, 11) is 0. The summed E-state index contributed by atoms with van der Waals surface area (Å²) in [5.74, 6) is 1.51. The average Bonchev–Trinajstić information content (AvgIpc) is 2.81. The van der Waals surface area contributed by atoms with E-state index in [0.717, 1.165) is 12.2 Å². The summed E-state index contributed by atoms with van der Waals surface area (Å²) in [5, 5.41) is 13.9. The van der Waals surface area contributed by atoms with Crippen molar-refractivity contribution >= 4 is 11.5 Å². The molecule has 19 heavy (non-hydrogen) atoms. The molecule has 2 aromatic heterocycles. The van der Waals surface area contributed by atoms with Crippen molar-refractivity contribution in [3.05, 3.63) is 52.1 Å². The van der Waals surface area contributed by atoms with Crippen molar-refractivity contribution in [1.82, 2.24) is 4.98 Å². The molecule has 1 N–H and O–H groups in total. The zero-order chi connectivity index (χ0) is 13.8. The summed E-state index contributed by atoms with van der Waals surface area (Å²) in [5.41, 5.74) is 0.622. The summed E-state index contributed by atoms with van der Waals surface area (Å²) >= 11 is 0. The lowest BCUT2D eigenvalue weighted by Crippen LogP contribution is -2.18. The van der Waals surface area contributed by atoms with Crippen LogP contribution in [-0.2, 0) is 6.42 Å². The highest BCUT2D eigenvalue weighted by molar-refractivity contribution is 5.47. The molecule has 0 aromatic carbocycles. The minimum Gasteiger partial charge on any atom is -0.469 e. The van der Waals surface area contributed by atoms with E-state index in [1.165, 1.54) is 6.20 Å². The number of aryl methyl sites for hydroxylation is 1. The summed E-state index contributed by atoms with van der Waals surface area (Å²) in [4.78, 5) is 14.3. The van der Waals surface area contributed by atoms with Crippen molar-refractivity contribution in [2.45, 2.75) is 26.3 Å². The van der Waals surface area contributed by atoms with Gasteiger partial charge in [-0.15, -0.1) is 0 Å². The van der Waals surface area contributed by atoms with Crippen LogP contribution >= 0.6 is 0 Å². The Balaban J connectivity index is 2.03. The first-order valence-corrected chi connectivity index (χ1v) is 5.96. The van der Waals surface area contributed by atoms with Crippen LogP contribution in [0.4, 0.5) is 11.5 Å². The van der Waals surface area contributed by atoms with Crippen LogP contribution in [0.2, 0.25) is 0 Å². The maximum atomic E-state index is 10.7. The van der Waals surface area contributed by atoms with Crippen LogP contribution in [0, 0.1) is 17.0 Å². The van der Waals surface area contributed by atoms with Gasteiger partial charge in [-0.1, -0.05) is 0 Å². The van der Waals surface area contributed by atoms with E-state index in [1.54, 1.807) is 19.3 Å². The van der Waals surface area contributed by atoms with Gasteiger partial charge >= 0.3 is 0 Å². The maximum absolute atomic E-state index is 10.7. The number of nitrogens with zero attached hydrogens (tertiary/aromatic N) is 2. The first kappa shape index (κ1) is 13.1. The van der Waals surface area contributed by atoms with E-state index in [1.807, 2.05) is 19.1 Å². The molecule has 2 rings (SSSR count). The van der Waals surface area contributed by atoms with Crippen LogP contribution in [0.1, 0.15) is 18.2 Å². The molecule has 1 unspecified atom stereocenters. The van der Waals surface area contributed by atoms with Gasteiger partial charge in [0.25, 0.3) is 5.69 Å². The van der Waals surface area contributed by atoms with Crippen molar-refractivity contribution in [3.63, 3.8) is 0 Å². The van der Waals surface area contributed by atoms with Gasteiger partial charge in [-0.25, -0.2) is 4.98 Å². The van der Waals surface area contributed by atoms with Gasteiger partial charge in [-0.05, 0) is 32.0 Å². The van der Waals surface area contributed by atoms with Crippen molar-refractivity contribution in [1.29, 1.82) is 0 Å². The fourth-order valence-electron chi connectivity index (χ4n) is 1.85. The molecule has 6 heteroatoms. The van der Waals surface area contributed by atoms with Gasteiger partial charge in [0, 0.05) is 18.0 Å². The largest absolute Gasteiger partial charge is 0.469 e. The minimum atomic E-state index is -0.432. The number of nitro groups is 1. The zero-order valence-electron chi connectivity index (χ0n) is 10.8. The predicted octanol–water partition coefficient (Wildman–Crippen LogP) is 2.93. The van der Waals surface area contributed by atoms with Crippen LogP contribution in [0.15, 0.2) is 35.1 Å². The maximum Gasteiger partial charge on any atom is 0.290 e. The summed E-state index contributed by atoms with van der Waals surface area (Å²) < 4.78 is 5.27. The molecule has 0 aliphatic carbocycles. The Morgan fingerprint density at radius 2 is 2.37 bits per heavy atom. The van der Waals surface area contributed by atoms with Crippen LogP contribution < -0.4 is 5.32 Å². The number of furan rings is 1. The standard InChI is InChI=1S/C13H15N3O3/c1-9-6-13(14-8-12(9)16(17)18)15-10(2)7-11-4-3-5-19-11/h3-6,8,10H,7H2,1-2H3,(H,14,15). The molecule has 1 atom stereocenters. The molecule has 0 fully saturated rings. The third-order valence-electron chi connectivity index (χ3n) is 2.76. The van der Waals surface area contributed by atoms with E-state index in [-0.39, 0.29) is 11.7 Å². The first-order chi connectivity index (χ1) is 9.06. The molecule has 2 heterocycles. The molecule has 2 aromatic rings. The number of anilines is 1. The Hall–Kier alpha value is -2.37. The Bertz CT molecular complexity index is 567. The highest BCUT2D eigenvalue weighted by Gasteiger charge is 2.13. The molecule has 0 amide bonds. The lowest BCUT2D eigenvalue weighted by molar-refractivity contribution is -0.385. The van der Waals surface area contributed by atoms with E-state index >= 15 is 0 Å². The van der Waals surface area contributed by atoms with Gasteiger partial charge in [0.15, 0.2) is 0 Å². The van der Waals surface area contributed by atoms with Gasteiger partial charge in [0.2, 0.25) is 0 Å². The lowest BCUT2D eigenvalue weighted by atomic mass is 10.2. The van der Waals surface area contributed by atoms with Crippen LogP contribution in [0.5, 0.6) is 0 Å². The first-order valence-electron chi connectivity index (χ1n) is 5.96. The van der Waals surface area contributed by atoms with Gasteiger partial charge in [-0.2, -0.15) is 0 Å². The molecule has 0 radical (unpaired) electrons. The second-order valence-corrected chi connectivity index (χ2v) is 4.44. The number of hydrogen-bond acceptors (Lipinski definition) is 5. The Labute approximate surface area is 110 Å². The Kier molecular flexibility index (Phi) is 3.79. The number of aromatic nitrogens is 1. The summed E-state index contributed by atoms with van der Waals surface area (Å²) in [6, 6.07) is 5.55. The van der Waals surface area contributed by atoms with Crippen molar-refractivity contribution in [2.75, 3.05) is 5.32 Å². The molecule has 0 spiro atoms. The molecule has 0 aliphatic heterocycles. The highest BCUT2D eigenvalue weighted by atomic mass is 16.6. The highest BCUT2D eigenvalue weighted by Crippen LogP contribution is 2.19. The molecule has 6 nitrogen and oxygen atoms in total. The van der Waals surface area contributed by atoms with Gasteiger partial charge in [0.05, 0.1) is 11.2 Å². The Morgan fingerprint density at radius 3 is 2.95 bits per heavy atom. The SMILES string of the molecule is Cc1cc(NC(C)Cc2ccco2)ncc1[N+](=O)[O-]. The molecule has 0 saturated carbocycles.